The van der Waals surface area contributed by atoms with Crippen LogP contribution in [0.2, 0.25) is 0 Å². The lowest BCUT2D eigenvalue weighted by atomic mass is 10.1. The predicted molar refractivity (Wildman–Crippen MR) is 81.8 cm³/mol. The quantitative estimate of drug-likeness (QED) is 0.804. The van der Waals surface area contributed by atoms with Crippen LogP contribution < -0.4 is 5.32 Å². The van der Waals surface area contributed by atoms with E-state index in [1.54, 1.807) is 18.8 Å². The van der Waals surface area contributed by atoms with Gasteiger partial charge in [-0.2, -0.15) is 0 Å². The lowest BCUT2D eigenvalue weighted by Gasteiger charge is -2.11. The van der Waals surface area contributed by atoms with Crippen LogP contribution in [0.25, 0.3) is 17.0 Å². The van der Waals surface area contributed by atoms with E-state index in [4.69, 9.17) is 4.42 Å². The second kappa shape index (κ2) is 5.18. The number of nitrogens with zero attached hydrogens (tertiary/aromatic N) is 2. The fourth-order valence-corrected chi connectivity index (χ4v) is 2.43. The van der Waals surface area contributed by atoms with Crippen molar-refractivity contribution in [3.8, 4) is 17.0 Å². The number of amides is 1. The molecule has 5 heteroatoms. The molecule has 0 unspecified atom stereocenters. The van der Waals surface area contributed by atoms with Gasteiger partial charge < -0.3 is 14.3 Å². The second-order valence-corrected chi connectivity index (χ2v) is 5.43. The molecule has 0 bridgehead atoms. The van der Waals surface area contributed by atoms with E-state index in [9.17, 15) is 4.79 Å². The number of nitrogens with one attached hydrogen (secondary N) is 1. The summed E-state index contributed by atoms with van der Waals surface area (Å²) in [6.07, 6.45) is 9.09. The van der Waals surface area contributed by atoms with E-state index in [0.29, 0.717) is 11.6 Å². The van der Waals surface area contributed by atoms with Gasteiger partial charge in [-0.25, -0.2) is 4.98 Å². The minimum atomic E-state index is -0.0347. The molecule has 1 amide bonds. The fraction of sp³-hybridized carbons (Fsp3) is 0.176. The SMILES string of the molecule is O=C(NC1CC1)c1ccc(-n2ccnc2)c(-c2ccco2)c1. The lowest BCUT2D eigenvalue weighted by molar-refractivity contribution is 0.0951. The maximum Gasteiger partial charge on any atom is 0.251 e. The second-order valence-electron chi connectivity index (χ2n) is 5.43. The standard InChI is InChI=1S/C17H15N3O2/c21-17(19-13-4-5-13)12-3-6-15(20-8-7-18-11-20)14(10-12)16-2-1-9-22-16/h1-3,6-11,13H,4-5H2,(H,19,21). The van der Waals surface area contributed by atoms with Gasteiger partial charge in [0, 0.05) is 29.6 Å². The molecule has 0 radical (unpaired) electrons. The van der Waals surface area contributed by atoms with Gasteiger partial charge in [0.05, 0.1) is 18.3 Å². The molecule has 4 rings (SSSR count). The molecule has 1 fully saturated rings. The van der Waals surface area contributed by atoms with Crippen LogP contribution in [0.5, 0.6) is 0 Å². The number of hydrogen-bond acceptors (Lipinski definition) is 3. The molecule has 22 heavy (non-hydrogen) atoms. The zero-order valence-corrected chi connectivity index (χ0v) is 11.9. The predicted octanol–water partition coefficient (Wildman–Crippen LogP) is 3.02. The van der Waals surface area contributed by atoms with Crippen LogP contribution in [0.1, 0.15) is 23.2 Å². The van der Waals surface area contributed by atoms with E-state index in [0.717, 1.165) is 29.9 Å². The topological polar surface area (TPSA) is 60.1 Å². The summed E-state index contributed by atoms with van der Waals surface area (Å²) in [7, 11) is 0. The third-order valence-electron chi connectivity index (χ3n) is 3.74. The normalized spacial score (nSPS) is 14.0. The zero-order valence-electron chi connectivity index (χ0n) is 11.9. The molecular formula is C17H15N3O2. The third kappa shape index (κ3) is 2.41. The molecular weight excluding hydrogens is 278 g/mol. The summed E-state index contributed by atoms with van der Waals surface area (Å²) in [6.45, 7) is 0. The molecule has 5 nitrogen and oxygen atoms in total. The third-order valence-corrected chi connectivity index (χ3v) is 3.74. The Morgan fingerprint density at radius 1 is 1.32 bits per heavy atom. The molecule has 1 aromatic carbocycles. The van der Waals surface area contributed by atoms with Crippen molar-refractivity contribution in [2.45, 2.75) is 18.9 Å². The van der Waals surface area contributed by atoms with E-state index < -0.39 is 0 Å². The molecule has 1 aliphatic rings. The van der Waals surface area contributed by atoms with Gasteiger partial charge in [-0.3, -0.25) is 4.79 Å². The number of furan rings is 1. The van der Waals surface area contributed by atoms with Crippen molar-refractivity contribution >= 4 is 5.91 Å². The number of benzene rings is 1. The summed E-state index contributed by atoms with van der Waals surface area (Å²) >= 11 is 0. The lowest BCUT2D eigenvalue weighted by Crippen LogP contribution is -2.25. The van der Waals surface area contributed by atoms with Crippen LogP contribution in [0.3, 0.4) is 0 Å². The summed E-state index contributed by atoms with van der Waals surface area (Å²) < 4.78 is 7.42. The summed E-state index contributed by atoms with van der Waals surface area (Å²) in [5, 5.41) is 3.01. The van der Waals surface area contributed by atoms with E-state index in [-0.39, 0.29) is 5.91 Å². The van der Waals surface area contributed by atoms with E-state index in [1.165, 1.54) is 0 Å². The monoisotopic (exact) mass is 293 g/mol. The largest absolute Gasteiger partial charge is 0.464 e. The van der Waals surface area contributed by atoms with Gasteiger partial charge in [-0.05, 0) is 43.2 Å². The summed E-state index contributed by atoms with van der Waals surface area (Å²) in [6, 6.07) is 9.68. The van der Waals surface area contributed by atoms with Gasteiger partial charge in [-0.1, -0.05) is 0 Å². The molecule has 0 saturated heterocycles. The van der Waals surface area contributed by atoms with Crippen molar-refractivity contribution in [3.05, 3.63) is 60.9 Å². The Hall–Kier alpha value is -2.82. The van der Waals surface area contributed by atoms with E-state index >= 15 is 0 Å². The van der Waals surface area contributed by atoms with Gasteiger partial charge in [0.2, 0.25) is 0 Å². The zero-order chi connectivity index (χ0) is 14.9. The highest BCUT2D eigenvalue weighted by Gasteiger charge is 2.24. The number of rotatable bonds is 4. The van der Waals surface area contributed by atoms with E-state index in [2.05, 4.69) is 10.3 Å². The minimum absolute atomic E-state index is 0.0347. The molecule has 0 aliphatic heterocycles. The number of aromatic nitrogens is 2. The Morgan fingerprint density at radius 2 is 2.23 bits per heavy atom. The Balaban J connectivity index is 1.77. The fourth-order valence-electron chi connectivity index (χ4n) is 2.43. The molecule has 3 aromatic rings. The average Bonchev–Trinajstić information content (AvgIpc) is 3.02. The van der Waals surface area contributed by atoms with Crippen molar-refractivity contribution in [2.75, 3.05) is 0 Å². The van der Waals surface area contributed by atoms with Gasteiger partial charge in [-0.15, -0.1) is 0 Å². The highest BCUT2D eigenvalue weighted by Crippen LogP contribution is 2.29. The van der Waals surface area contributed by atoms with Crippen molar-refractivity contribution in [2.24, 2.45) is 0 Å². The molecule has 2 aromatic heterocycles. The maximum atomic E-state index is 12.3. The van der Waals surface area contributed by atoms with Crippen LogP contribution >= 0.6 is 0 Å². The molecule has 1 N–H and O–H groups in total. The van der Waals surface area contributed by atoms with Crippen molar-refractivity contribution in [1.29, 1.82) is 0 Å². The Morgan fingerprint density at radius 3 is 2.91 bits per heavy atom. The van der Waals surface area contributed by atoms with Crippen LogP contribution in [0.15, 0.2) is 59.7 Å². The Bertz CT molecular complexity index is 787. The minimum Gasteiger partial charge on any atom is -0.464 e. The van der Waals surface area contributed by atoms with Crippen molar-refractivity contribution in [3.63, 3.8) is 0 Å². The first kappa shape index (κ1) is 12.9. The first-order chi connectivity index (χ1) is 10.8. The van der Waals surface area contributed by atoms with Gasteiger partial charge in [0.15, 0.2) is 0 Å². The van der Waals surface area contributed by atoms with Gasteiger partial charge >= 0.3 is 0 Å². The molecule has 1 saturated carbocycles. The number of carbonyl (C=O) groups is 1. The highest BCUT2D eigenvalue weighted by atomic mass is 16.3. The number of carbonyl (C=O) groups excluding carboxylic acids is 1. The first-order valence-electron chi connectivity index (χ1n) is 7.28. The van der Waals surface area contributed by atoms with E-state index in [1.807, 2.05) is 41.1 Å². The average molecular weight is 293 g/mol. The van der Waals surface area contributed by atoms with Gasteiger partial charge in [0.25, 0.3) is 5.91 Å². The van der Waals surface area contributed by atoms with Crippen molar-refractivity contribution < 1.29 is 9.21 Å². The van der Waals surface area contributed by atoms with Gasteiger partial charge in [0.1, 0.15) is 5.76 Å². The summed E-state index contributed by atoms with van der Waals surface area (Å²) in [5.74, 6) is 0.692. The number of imidazole rings is 1. The Labute approximate surface area is 127 Å². The van der Waals surface area contributed by atoms with Crippen molar-refractivity contribution in [1.82, 2.24) is 14.9 Å². The van der Waals surface area contributed by atoms with Crippen LogP contribution in [-0.2, 0) is 0 Å². The first-order valence-corrected chi connectivity index (χ1v) is 7.28. The summed E-state index contributed by atoms with van der Waals surface area (Å²) in [4.78, 5) is 16.3. The van der Waals surface area contributed by atoms with Crippen LogP contribution in [0.4, 0.5) is 0 Å². The summed E-state index contributed by atoms with van der Waals surface area (Å²) in [5.41, 5.74) is 2.43. The highest BCUT2D eigenvalue weighted by molar-refractivity contribution is 5.96. The molecule has 0 atom stereocenters. The molecule has 110 valence electrons. The molecule has 0 spiro atoms. The Kier molecular flexibility index (Phi) is 3.04. The molecule has 1 aliphatic carbocycles. The molecule has 2 heterocycles. The van der Waals surface area contributed by atoms with Crippen LogP contribution in [-0.4, -0.2) is 21.5 Å². The maximum absolute atomic E-state index is 12.3. The smallest absolute Gasteiger partial charge is 0.251 e. The van der Waals surface area contributed by atoms with Crippen LogP contribution in [0, 0.1) is 0 Å². The number of hydrogen-bond donors (Lipinski definition) is 1.